The maximum Gasteiger partial charge on any atom is 0.265 e. The van der Waals surface area contributed by atoms with E-state index in [0.29, 0.717) is 5.56 Å². The van der Waals surface area contributed by atoms with Gasteiger partial charge in [-0.05, 0) is 5.56 Å². The second-order valence-corrected chi connectivity index (χ2v) is 7.41. The van der Waals surface area contributed by atoms with E-state index in [1.165, 1.54) is 0 Å². The molecule has 0 saturated carbocycles. The highest BCUT2D eigenvalue weighted by atomic mass is 35.5. The van der Waals surface area contributed by atoms with Crippen molar-refractivity contribution in [1.29, 1.82) is 0 Å². The molecule has 1 aromatic carbocycles. The number of halogens is 1. The third-order valence-corrected chi connectivity index (χ3v) is 3.45. The first-order chi connectivity index (χ1) is 8.58. The van der Waals surface area contributed by atoms with E-state index in [1.807, 2.05) is 0 Å². The summed E-state index contributed by atoms with van der Waals surface area (Å²) in [5, 5.41) is 0. The smallest absolute Gasteiger partial charge is 0.258 e. The minimum absolute atomic E-state index is 0.386. The highest BCUT2D eigenvalue weighted by Gasteiger charge is 2.29. The van der Waals surface area contributed by atoms with Crippen LogP contribution in [0.25, 0.3) is 0 Å². The molecule has 2 atom stereocenters. The van der Waals surface area contributed by atoms with E-state index >= 15 is 0 Å². The Morgan fingerprint density at radius 3 is 1.84 bits per heavy atom. The van der Waals surface area contributed by atoms with Gasteiger partial charge in [0.2, 0.25) is 0 Å². The molecule has 1 rings (SSSR count). The summed E-state index contributed by atoms with van der Waals surface area (Å²) in [5.41, 5.74) is -1.11. The standard InChI is InChI=1S/C10H13ClO6S2/c1-18(12,13)16-9(8-6-4-3-5-7-8)10(11)17-19(2,14)15/h3-7,9-10H,1-2H3. The maximum atomic E-state index is 11.2. The van der Waals surface area contributed by atoms with E-state index < -0.39 is 31.9 Å². The predicted molar refractivity (Wildman–Crippen MR) is 70.7 cm³/mol. The van der Waals surface area contributed by atoms with Crippen LogP contribution in [-0.4, -0.2) is 34.9 Å². The summed E-state index contributed by atoms with van der Waals surface area (Å²) in [6.45, 7) is 0. The monoisotopic (exact) mass is 328 g/mol. The van der Waals surface area contributed by atoms with Crippen LogP contribution in [-0.2, 0) is 28.6 Å². The Kier molecular flexibility index (Phi) is 5.34. The van der Waals surface area contributed by atoms with Gasteiger partial charge in [0.05, 0.1) is 12.5 Å². The van der Waals surface area contributed by atoms with E-state index in [2.05, 4.69) is 4.18 Å². The molecule has 0 heterocycles. The van der Waals surface area contributed by atoms with Crippen molar-refractivity contribution in [3.63, 3.8) is 0 Å². The fourth-order valence-electron chi connectivity index (χ4n) is 1.30. The molecule has 2 unspecified atom stereocenters. The molecule has 0 spiro atoms. The fourth-order valence-corrected chi connectivity index (χ4v) is 2.98. The topological polar surface area (TPSA) is 86.7 Å². The lowest BCUT2D eigenvalue weighted by atomic mass is 10.1. The van der Waals surface area contributed by atoms with Crippen molar-refractivity contribution in [3.05, 3.63) is 35.9 Å². The minimum Gasteiger partial charge on any atom is -0.258 e. The molecule has 0 fully saturated rings. The SMILES string of the molecule is CS(=O)(=O)OC(Cl)C(OS(C)(=O)=O)c1ccccc1. The summed E-state index contributed by atoms with van der Waals surface area (Å²) in [6, 6.07) is 8.09. The third kappa shape index (κ3) is 6.35. The lowest BCUT2D eigenvalue weighted by Gasteiger charge is -2.20. The lowest BCUT2D eigenvalue weighted by Crippen LogP contribution is -2.24. The fraction of sp³-hybridized carbons (Fsp3) is 0.400. The Hall–Kier alpha value is -0.670. The molecule has 9 heteroatoms. The summed E-state index contributed by atoms with van der Waals surface area (Å²) in [4.78, 5) is 0. The van der Waals surface area contributed by atoms with E-state index in [-0.39, 0.29) is 0 Å². The zero-order valence-electron chi connectivity index (χ0n) is 10.2. The Morgan fingerprint density at radius 2 is 1.42 bits per heavy atom. The van der Waals surface area contributed by atoms with E-state index in [1.54, 1.807) is 30.3 Å². The number of hydrogen-bond donors (Lipinski definition) is 0. The summed E-state index contributed by atoms with van der Waals surface area (Å²) in [7, 11) is -7.67. The van der Waals surface area contributed by atoms with Crippen LogP contribution in [0.5, 0.6) is 0 Å². The van der Waals surface area contributed by atoms with E-state index in [9.17, 15) is 16.8 Å². The van der Waals surface area contributed by atoms with Crippen molar-refractivity contribution >= 4 is 31.8 Å². The van der Waals surface area contributed by atoms with Crippen LogP contribution in [0.15, 0.2) is 30.3 Å². The number of benzene rings is 1. The average Bonchev–Trinajstić information content (AvgIpc) is 2.23. The maximum absolute atomic E-state index is 11.2. The summed E-state index contributed by atoms with van der Waals surface area (Å²) in [6.07, 6.45) is 0.394. The van der Waals surface area contributed by atoms with Crippen molar-refractivity contribution in [2.75, 3.05) is 12.5 Å². The van der Waals surface area contributed by atoms with Crippen molar-refractivity contribution in [2.24, 2.45) is 0 Å². The summed E-state index contributed by atoms with van der Waals surface area (Å²) >= 11 is 5.78. The number of alkyl halides is 1. The number of hydrogen-bond acceptors (Lipinski definition) is 6. The Labute approximate surface area is 117 Å². The van der Waals surface area contributed by atoms with Gasteiger partial charge in [-0.3, -0.25) is 4.18 Å². The molecule has 0 aliphatic rings. The first kappa shape index (κ1) is 16.4. The Morgan fingerprint density at radius 1 is 0.947 bits per heavy atom. The van der Waals surface area contributed by atoms with Gasteiger partial charge in [0.15, 0.2) is 5.56 Å². The van der Waals surface area contributed by atoms with Gasteiger partial charge < -0.3 is 0 Å². The molecule has 0 aromatic heterocycles. The quantitative estimate of drug-likeness (QED) is 0.577. The van der Waals surface area contributed by atoms with Gasteiger partial charge >= 0.3 is 0 Å². The molecule has 0 amide bonds. The summed E-state index contributed by atoms with van der Waals surface area (Å²) < 4.78 is 53.8. The molecule has 0 aliphatic carbocycles. The first-order valence-electron chi connectivity index (χ1n) is 5.04. The van der Waals surface area contributed by atoms with E-state index in [4.69, 9.17) is 15.8 Å². The normalized spacial score (nSPS) is 15.9. The molecule has 1 aromatic rings. The van der Waals surface area contributed by atoms with Crippen LogP contribution in [0.1, 0.15) is 11.7 Å². The molecular weight excluding hydrogens is 316 g/mol. The van der Waals surface area contributed by atoms with Gasteiger partial charge in [0.25, 0.3) is 20.2 Å². The van der Waals surface area contributed by atoms with Gasteiger partial charge in [0.1, 0.15) is 6.10 Å². The highest BCUT2D eigenvalue weighted by Crippen LogP contribution is 2.28. The first-order valence-corrected chi connectivity index (χ1v) is 9.11. The predicted octanol–water partition coefficient (Wildman–Crippen LogP) is 1.25. The molecule has 0 saturated heterocycles. The van der Waals surface area contributed by atoms with Crippen LogP contribution in [0.3, 0.4) is 0 Å². The Bertz CT molecular complexity index is 611. The molecule has 108 valence electrons. The van der Waals surface area contributed by atoms with Crippen LogP contribution in [0.2, 0.25) is 0 Å². The molecule has 6 nitrogen and oxygen atoms in total. The second-order valence-electron chi connectivity index (χ2n) is 3.78. The van der Waals surface area contributed by atoms with Crippen LogP contribution in [0, 0.1) is 0 Å². The molecule has 19 heavy (non-hydrogen) atoms. The number of rotatable bonds is 6. The Balaban J connectivity index is 3.06. The molecule has 0 aliphatic heterocycles. The minimum atomic E-state index is -3.84. The highest BCUT2D eigenvalue weighted by molar-refractivity contribution is 7.86. The molecule has 0 N–H and O–H groups in total. The van der Waals surface area contributed by atoms with Crippen molar-refractivity contribution < 1.29 is 25.2 Å². The van der Waals surface area contributed by atoms with Crippen molar-refractivity contribution in [1.82, 2.24) is 0 Å². The molecular formula is C10H13ClO6S2. The summed E-state index contributed by atoms with van der Waals surface area (Å²) in [5.74, 6) is 0. The van der Waals surface area contributed by atoms with E-state index in [0.717, 1.165) is 12.5 Å². The van der Waals surface area contributed by atoms with Gasteiger partial charge in [-0.1, -0.05) is 41.9 Å². The van der Waals surface area contributed by atoms with Crippen LogP contribution in [0.4, 0.5) is 0 Å². The van der Waals surface area contributed by atoms with Crippen molar-refractivity contribution in [3.8, 4) is 0 Å². The van der Waals surface area contributed by atoms with Gasteiger partial charge in [-0.25, -0.2) is 4.18 Å². The third-order valence-electron chi connectivity index (χ3n) is 1.91. The lowest BCUT2D eigenvalue weighted by molar-refractivity contribution is 0.114. The van der Waals surface area contributed by atoms with Crippen LogP contribution < -0.4 is 0 Å². The van der Waals surface area contributed by atoms with Gasteiger partial charge in [0, 0.05) is 0 Å². The zero-order chi connectivity index (χ0) is 14.7. The molecule has 0 bridgehead atoms. The van der Waals surface area contributed by atoms with Crippen LogP contribution >= 0.6 is 11.6 Å². The average molecular weight is 329 g/mol. The largest absolute Gasteiger partial charge is 0.265 e. The second kappa shape index (κ2) is 6.19. The molecule has 0 radical (unpaired) electrons. The van der Waals surface area contributed by atoms with Gasteiger partial charge in [-0.15, -0.1) is 0 Å². The van der Waals surface area contributed by atoms with Gasteiger partial charge in [-0.2, -0.15) is 16.8 Å². The zero-order valence-corrected chi connectivity index (χ0v) is 12.6. The van der Waals surface area contributed by atoms with Crippen molar-refractivity contribution in [2.45, 2.75) is 11.7 Å².